The number of methoxy groups -OCH3 is 1. The van der Waals surface area contributed by atoms with Crippen LogP contribution in [0.4, 0.5) is 17.2 Å². The first-order valence-electron chi connectivity index (χ1n) is 7.91. The summed E-state index contributed by atoms with van der Waals surface area (Å²) in [4.78, 5) is 23.9. The van der Waals surface area contributed by atoms with E-state index in [4.69, 9.17) is 11.6 Å². The molecule has 0 aliphatic carbocycles. The Hall–Kier alpha value is -3.45. The zero-order valence-electron chi connectivity index (χ0n) is 14.3. The summed E-state index contributed by atoms with van der Waals surface area (Å²) in [5.74, 6) is -0.437. The number of rotatable bonds is 5. The molecule has 0 aliphatic rings. The number of benzene rings is 2. The van der Waals surface area contributed by atoms with E-state index in [0.717, 1.165) is 5.69 Å². The highest BCUT2D eigenvalue weighted by Crippen LogP contribution is 2.17. The quantitative estimate of drug-likeness (QED) is 0.650. The normalized spacial score (nSPS) is 10.1. The van der Waals surface area contributed by atoms with Crippen LogP contribution in [-0.2, 0) is 4.74 Å². The van der Waals surface area contributed by atoms with Gasteiger partial charge in [-0.1, -0.05) is 17.7 Å². The molecule has 0 fully saturated rings. The fourth-order valence-electron chi connectivity index (χ4n) is 2.24. The van der Waals surface area contributed by atoms with Crippen LogP contribution in [0.5, 0.6) is 0 Å². The molecule has 0 spiro atoms. The van der Waals surface area contributed by atoms with Gasteiger partial charge in [0, 0.05) is 16.4 Å². The fourth-order valence-corrected chi connectivity index (χ4v) is 2.36. The minimum Gasteiger partial charge on any atom is -0.465 e. The molecule has 1 amide bonds. The van der Waals surface area contributed by atoms with Crippen LogP contribution in [0.15, 0.2) is 60.7 Å². The average molecular weight is 383 g/mol. The van der Waals surface area contributed by atoms with Crippen molar-refractivity contribution in [2.75, 3.05) is 17.7 Å². The number of halogens is 1. The Kier molecular flexibility index (Phi) is 5.63. The summed E-state index contributed by atoms with van der Waals surface area (Å²) in [5, 5.41) is 14.3. The van der Waals surface area contributed by atoms with Gasteiger partial charge in [0.15, 0.2) is 11.5 Å². The Labute approximate surface area is 160 Å². The number of carbonyl (C=O) groups excluding carboxylic acids is 2. The molecular formula is C19H15ClN4O3. The van der Waals surface area contributed by atoms with Gasteiger partial charge in [0.25, 0.3) is 5.91 Å². The maximum atomic E-state index is 12.3. The van der Waals surface area contributed by atoms with Gasteiger partial charge < -0.3 is 15.4 Å². The molecule has 136 valence electrons. The minimum atomic E-state index is -0.483. The molecule has 3 aromatic rings. The number of anilines is 3. The average Bonchev–Trinajstić information content (AvgIpc) is 2.70. The van der Waals surface area contributed by atoms with Gasteiger partial charge in [-0.3, -0.25) is 4.79 Å². The number of amides is 1. The zero-order valence-corrected chi connectivity index (χ0v) is 15.0. The second kappa shape index (κ2) is 8.29. The molecule has 0 saturated heterocycles. The first-order valence-corrected chi connectivity index (χ1v) is 8.29. The van der Waals surface area contributed by atoms with Gasteiger partial charge in [0.1, 0.15) is 0 Å². The third-order valence-electron chi connectivity index (χ3n) is 3.56. The topological polar surface area (TPSA) is 93.2 Å². The van der Waals surface area contributed by atoms with E-state index in [1.54, 1.807) is 54.6 Å². The Balaban J connectivity index is 1.67. The van der Waals surface area contributed by atoms with Crippen molar-refractivity contribution in [3.63, 3.8) is 0 Å². The first kappa shape index (κ1) is 18.3. The Morgan fingerprint density at radius 3 is 2.41 bits per heavy atom. The summed E-state index contributed by atoms with van der Waals surface area (Å²) in [7, 11) is 1.29. The summed E-state index contributed by atoms with van der Waals surface area (Å²) in [6.07, 6.45) is 0. The van der Waals surface area contributed by atoms with E-state index in [1.165, 1.54) is 13.2 Å². The maximum absolute atomic E-state index is 12.3. The second-order valence-corrected chi connectivity index (χ2v) is 5.90. The highest BCUT2D eigenvalue weighted by molar-refractivity contribution is 6.30. The molecule has 2 aromatic carbocycles. The van der Waals surface area contributed by atoms with Crippen molar-refractivity contribution in [2.45, 2.75) is 0 Å². The maximum Gasteiger partial charge on any atom is 0.337 e. The molecule has 7 nitrogen and oxygen atoms in total. The smallest absolute Gasteiger partial charge is 0.337 e. The molecule has 0 bridgehead atoms. The summed E-state index contributed by atoms with van der Waals surface area (Å²) < 4.78 is 4.66. The molecule has 0 aliphatic heterocycles. The molecule has 0 unspecified atom stereocenters. The van der Waals surface area contributed by atoms with Crippen molar-refractivity contribution in [2.24, 2.45) is 0 Å². The van der Waals surface area contributed by atoms with Crippen molar-refractivity contribution < 1.29 is 14.3 Å². The summed E-state index contributed by atoms with van der Waals surface area (Å²) in [6.45, 7) is 0. The van der Waals surface area contributed by atoms with Crippen LogP contribution < -0.4 is 10.6 Å². The van der Waals surface area contributed by atoms with Crippen LogP contribution in [0.2, 0.25) is 5.02 Å². The van der Waals surface area contributed by atoms with Crippen LogP contribution in [-0.4, -0.2) is 29.2 Å². The second-order valence-electron chi connectivity index (χ2n) is 5.46. The number of esters is 1. The van der Waals surface area contributed by atoms with Gasteiger partial charge in [0.05, 0.1) is 12.7 Å². The standard InChI is InChI=1S/C19H15ClN4O3/c1-27-19(26)12-3-2-4-15(11-12)22-18(25)16-9-10-17(24-23-16)21-14-7-5-13(20)6-8-14/h2-11H,1H3,(H,21,24)(H,22,25). The predicted molar refractivity (Wildman–Crippen MR) is 103 cm³/mol. The number of carbonyl (C=O) groups is 2. The molecule has 1 heterocycles. The molecular weight excluding hydrogens is 368 g/mol. The third kappa shape index (κ3) is 4.80. The number of nitrogens with one attached hydrogen (secondary N) is 2. The monoisotopic (exact) mass is 382 g/mol. The third-order valence-corrected chi connectivity index (χ3v) is 3.81. The van der Waals surface area contributed by atoms with E-state index in [1.807, 2.05) is 0 Å². The lowest BCUT2D eigenvalue weighted by molar-refractivity contribution is 0.0600. The molecule has 0 atom stereocenters. The lowest BCUT2D eigenvalue weighted by atomic mass is 10.2. The molecule has 0 radical (unpaired) electrons. The number of hydrogen-bond donors (Lipinski definition) is 2. The van der Waals surface area contributed by atoms with Crippen LogP contribution in [0.3, 0.4) is 0 Å². The summed E-state index contributed by atoms with van der Waals surface area (Å²) in [5.41, 5.74) is 1.72. The SMILES string of the molecule is COC(=O)c1cccc(NC(=O)c2ccc(Nc3ccc(Cl)cc3)nn2)c1. The molecule has 2 N–H and O–H groups in total. The fraction of sp³-hybridized carbons (Fsp3) is 0.0526. The van der Waals surface area contributed by atoms with E-state index in [9.17, 15) is 9.59 Å². The molecule has 3 rings (SSSR count). The van der Waals surface area contributed by atoms with E-state index < -0.39 is 11.9 Å². The van der Waals surface area contributed by atoms with Gasteiger partial charge in [-0.25, -0.2) is 4.79 Å². The Bertz CT molecular complexity index is 959. The van der Waals surface area contributed by atoms with Crippen molar-refractivity contribution >= 4 is 40.7 Å². The predicted octanol–water partition coefficient (Wildman–Crippen LogP) is 3.91. The number of aromatic nitrogens is 2. The van der Waals surface area contributed by atoms with E-state index >= 15 is 0 Å². The van der Waals surface area contributed by atoms with E-state index in [0.29, 0.717) is 22.1 Å². The van der Waals surface area contributed by atoms with Gasteiger partial charge in [-0.05, 0) is 54.6 Å². The number of hydrogen-bond acceptors (Lipinski definition) is 6. The van der Waals surface area contributed by atoms with Crippen LogP contribution in [0.25, 0.3) is 0 Å². The first-order chi connectivity index (χ1) is 13.0. The van der Waals surface area contributed by atoms with Crippen molar-refractivity contribution in [3.8, 4) is 0 Å². The van der Waals surface area contributed by atoms with Crippen molar-refractivity contribution in [1.82, 2.24) is 10.2 Å². The largest absolute Gasteiger partial charge is 0.465 e. The van der Waals surface area contributed by atoms with Gasteiger partial charge >= 0.3 is 5.97 Å². The zero-order chi connectivity index (χ0) is 19.2. The minimum absolute atomic E-state index is 0.139. The van der Waals surface area contributed by atoms with Crippen LogP contribution in [0.1, 0.15) is 20.8 Å². The molecule has 1 aromatic heterocycles. The molecule has 8 heteroatoms. The summed E-state index contributed by atoms with van der Waals surface area (Å²) in [6, 6.07) is 16.7. The van der Waals surface area contributed by atoms with Gasteiger partial charge in [0.2, 0.25) is 0 Å². The highest BCUT2D eigenvalue weighted by atomic mass is 35.5. The lowest BCUT2D eigenvalue weighted by Crippen LogP contribution is -2.15. The van der Waals surface area contributed by atoms with Crippen molar-refractivity contribution in [1.29, 1.82) is 0 Å². The van der Waals surface area contributed by atoms with E-state index in [2.05, 4.69) is 25.6 Å². The van der Waals surface area contributed by atoms with Crippen molar-refractivity contribution in [3.05, 3.63) is 76.9 Å². The Morgan fingerprint density at radius 2 is 1.74 bits per heavy atom. The number of ether oxygens (including phenoxy) is 1. The van der Waals surface area contributed by atoms with Crippen LogP contribution >= 0.6 is 11.6 Å². The van der Waals surface area contributed by atoms with Gasteiger partial charge in [-0.15, -0.1) is 10.2 Å². The van der Waals surface area contributed by atoms with E-state index in [-0.39, 0.29) is 5.69 Å². The highest BCUT2D eigenvalue weighted by Gasteiger charge is 2.11. The number of nitrogens with zero attached hydrogens (tertiary/aromatic N) is 2. The van der Waals surface area contributed by atoms with Gasteiger partial charge in [-0.2, -0.15) is 0 Å². The molecule has 0 saturated carbocycles. The molecule has 27 heavy (non-hydrogen) atoms. The Morgan fingerprint density at radius 1 is 0.963 bits per heavy atom. The van der Waals surface area contributed by atoms with Crippen LogP contribution in [0, 0.1) is 0 Å². The summed E-state index contributed by atoms with van der Waals surface area (Å²) >= 11 is 5.85. The lowest BCUT2D eigenvalue weighted by Gasteiger charge is -2.07.